The van der Waals surface area contributed by atoms with Crippen LogP contribution >= 0.6 is 0 Å². The Morgan fingerprint density at radius 1 is 1.32 bits per heavy atom. The molecule has 6 nitrogen and oxygen atoms in total. The number of aliphatic hydroxyl groups excluding tert-OH is 1. The average Bonchev–Trinajstić information content (AvgIpc) is 3.25. The first kappa shape index (κ1) is 17.6. The molecule has 6 heteroatoms. The maximum Gasteiger partial charge on any atom is 0.269 e. The number of nitrogens with one attached hydrogen (secondary N) is 1. The number of benzene rings is 1. The summed E-state index contributed by atoms with van der Waals surface area (Å²) in [5.74, 6) is 0.448. The lowest BCUT2D eigenvalue weighted by Crippen LogP contribution is -2.34. The van der Waals surface area contributed by atoms with E-state index >= 15 is 0 Å². The highest BCUT2D eigenvalue weighted by atomic mass is 16.3. The first-order chi connectivity index (χ1) is 12.2. The van der Waals surface area contributed by atoms with Crippen molar-refractivity contribution in [1.29, 1.82) is 0 Å². The van der Waals surface area contributed by atoms with Gasteiger partial charge in [-0.05, 0) is 43.0 Å². The maximum atomic E-state index is 12.2. The topological polar surface area (TPSA) is 70.4 Å². The van der Waals surface area contributed by atoms with Gasteiger partial charge in [0.1, 0.15) is 5.69 Å². The molecule has 0 bridgehead atoms. The Morgan fingerprint density at radius 3 is 2.96 bits per heavy atom. The lowest BCUT2D eigenvalue weighted by atomic mass is 9.94. The van der Waals surface area contributed by atoms with E-state index in [2.05, 4.69) is 46.5 Å². The number of nitrogens with zero attached hydrogens (tertiary/aromatic N) is 3. The molecule has 0 spiro atoms. The number of aryl methyl sites for hydroxylation is 1. The molecule has 1 amide bonds. The highest BCUT2D eigenvalue weighted by Crippen LogP contribution is 2.28. The Kier molecular flexibility index (Phi) is 5.83. The summed E-state index contributed by atoms with van der Waals surface area (Å²) in [6, 6.07) is 10.3. The Balaban J connectivity index is 1.46. The fraction of sp³-hybridized carbons (Fsp3) is 0.474. The first-order valence-corrected chi connectivity index (χ1v) is 8.88. The van der Waals surface area contributed by atoms with Crippen LogP contribution in [0.3, 0.4) is 0 Å². The van der Waals surface area contributed by atoms with Gasteiger partial charge in [-0.1, -0.05) is 24.3 Å². The van der Waals surface area contributed by atoms with Gasteiger partial charge in [-0.3, -0.25) is 9.48 Å². The molecular weight excluding hydrogens is 316 g/mol. The summed E-state index contributed by atoms with van der Waals surface area (Å²) in [7, 11) is 0. The van der Waals surface area contributed by atoms with Crippen molar-refractivity contribution in [2.45, 2.75) is 25.8 Å². The van der Waals surface area contributed by atoms with Crippen LogP contribution < -0.4 is 5.32 Å². The van der Waals surface area contributed by atoms with Crippen molar-refractivity contribution < 1.29 is 9.90 Å². The van der Waals surface area contributed by atoms with Gasteiger partial charge in [0.25, 0.3) is 5.91 Å². The molecule has 3 rings (SSSR count). The lowest BCUT2D eigenvalue weighted by Gasteiger charge is -2.17. The first-order valence-electron chi connectivity index (χ1n) is 8.88. The lowest BCUT2D eigenvalue weighted by molar-refractivity contribution is 0.0937. The van der Waals surface area contributed by atoms with Crippen molar-refractivity contribution in [3.05, 3.63) is 53.3 Å². The maximum absolute atomic E-state index is 12.2. The molecule has 0 unspecified atom stereocenters. The van der Waals surface area contributed by atoms with E-state index in [0.29, 0.717) is 24.7 Å². The van der Waals surface area contributed by atoms with E-state index in [1.54, 1.807) is 12.3 Å². The molecule has 0 aliphatic carbocycles. The summed E-state index contributed by atoms with van der Waals surface area (Å²) in [4.78, 5) is 14.6. The van der Waals surface area contributed by atoms with Gasteiger partial charge in [-0.2, -0.15) is 5.10 Å². The normalized spacial score (nSPS) is 17.8. The average molecular weight is 342 g/mol. The number of aliphatic hydroxyl groups is 1. The number of hydrogen-bond donors (Lipinski definition) is 2. The Morgan fingerprint density at radius 2 is 2.16 bits per heavy atom. The third-order valence-electron chi connectivity index (χ3n) is 4.88. The van der Waals surface area contributed by atoms with Gasteiger partial charge in [0.2, 0.25) is 0 Å². The third-order valence-corrected chi connectivity index (χ3v) is 4.88. The van der Waals surface area contributed by atoms with Crippen LogP contribution in [0.1, 0.15) is 34.0 Å². The van der Waals surface area contributed by atoms with Gasteiger partial charge in [0.05, 0.1) is 13.2 Å². The number of aromatic nitrogens is 2. The number of rotatable bonds is 7. The van der Waals surface area contributed by atoms with Gasteiger partial charge in [-0.15, -0.1) is 0 Å². The van der Waals surface area contributed by atoms with Crippen LogP contribution in [0, 0.1) is 6.92 Å². The molecule has 2 N–H and O–H groups in total. The van der Waals surface area contributed by atoms with E-state index in [4.69, 9.17) is 5.11 Å². The molecule has 25 heavy (non-hydrogen) atoms. The molecule has 2 aromatic rings. The second kappa shape index (κ2) is 8.27. The van der Waals surface area contributed by atoms with Crippen molar-refractivity contribution in [2.24, 2.45) is 0 Å². The third kappa shape index (κ3) is 4.27. The minimum Gasteiger partial charge on any atom is -0.394 e. The second-order valence-electron chi connectivity index (χ2n) is 6.56. The number of likely N-dealkylation sites (tertiary alicyclic amines) is 1. The smallest absolute Gasteiger partial charge is 0.269 e. The molecule has 0 radical (unpaired) electrons. The Labute approximate surface area is 148 Å². The highest BCUT2D eigenvalue weighted by Gasteiger charge is 2.24. The molecule has 1 aliphatic rings. The molecular formula is C19H26N4O2. The van der Waals surface area contributed by atoms with Crippen LogP contribution in [0.4, 0.5) is 0 Å². The van der Waals surface area contributed by atoms with E-state index < -0.39 is 0 Å². The number of carbonyl (C=O) groups is 1. The van der Waals surface area contributed by atoms with Gasteiger partial charge in [-0.25, -0.2) is 0 Å². The monoisotopic (exact) mass is 342 g/mol. The van der Waals surface area contributed by atoms with Crippen LogP contribution in [-0.4, -0.2) is 58.5 Å². The fourth-order valence-corrected chi connectivity index (χ4v) is 3.55. The molecule has 1 atom stereocenters. The van der Waals surface area contributed by atoms with Crippen LogP contribution in [0.2, 0.25) is 0 Å². The standard InChI is InChI=1S/C19H26N4O2/c1-15-4-2-3-5-17(15)16-7-10-22(14-16)11-9-20-19(25)18-6-8-21-23(18)12-13-24/h2-6,8,16,24H,7,9-14H2,1H3,(H,20,25)/t16-/m1/s1. The summed E-state index contributed by atoms with van der Waals surface area (Å²) < 4.78 is 1.53. The predicted molar refractivity (Wildman–Crippen MR) is 96.6 cm³/mol. The van der Waals surface area contributed by atoms with Crippen LogP contribution in [0.25, 0.3) is 0 Å². The van der Waals surface area contributed by atoms with Gasteiger partial charge in [0, 0.05) is 25.8 Å². The highest BCUT2D eigenvalue weighted by molar-refractivity contribution is 5.92. The minimum absolute atomic E-state index is 0.0317. The zero-order chi connectivity index (χ0) is 17.6. The summed E-state index contributed by atoms with van der Waals surface area (Å²) in [6.07, 6.45) is 2.75. The van der Waals surface area contributed by atoms with E-state index in [-0.39, 0.29) is 12.5 Å². The number of carbonyl (C=O) groups excluding carboxylic acids is 1. The van der Waals surface area contributed by atoms with Crippen LogP contribution in [0.5, 0.6) is 0 Å². The summed E-state index contributed by atoms with van der Waals surface area (Å²) in [5, 5.41) is 16.0. The van der Waals surface area contributed by atoms with Gasteiger partial charge < -0.3 is 15.3 Å². The van der Waals surface area contributed by atoms with E-state index in [9.17, 15) is 4.79 Å². The molecule has 2 heterocycles. The number of amides is 1. The van der Waals surface area contributed by atoms with E-state index in [1.807, 2.05) is 0 Å². The van der Waals surface area contributed by atoms with Crippen molar-refractivity contribution in [3.8, 4) is 0 Å². The zero-order valence-corrected chi connectivity index (χ0v) is 14.7. The Bertz CT molecular complexity index is 713. The number of hydrogen-bond acceptors (Lipinski definition) is 4. The summed E-state index contributed by atoms with van der Waals surface area (Å²) in [6.45, 7) is 6.05. The fourth-order valence-electron chi connectivity index (χ4n) is 3.55. The van der Waals surface area contributed by atoms with Crippen LogP contribution in [0.15, 0.2) is 36.5 Å². The molecule has 1 saturated heterocycles. The second-order valence-corrected chi connectivity index (χ2v) is 6.56. The van der Waals surface area contributed by atoms with Crippen molar-refractivity contribution in [2.75, 3.05) is 32.8 Å². The van der Waals surface area contributed by atoms with Crippen molar-refractivity contribution in [1.82, 2.24) is 20.0 Å². The van der Waals surface area contributed by atoms with E-state index in [0.717, 1.165) is 19.6 Å². The molecule has 134 valence electrons. The quantitative estimate of drug-likeness (QED) is 0.798. The van der Waals surface area contributed by atoms with Gasteiger partial charge in [0.15, 0.2) is 0 Å². The SMILES string of the molecule is Cc1ccccc1[C@@H]1CCN(CCNC(=O)c2ccnn2CCO)C1. The molecule has 1 aromatic carbocycles. The van der Waals surface area contributed by atoms with Crippen LogP contribution in [-0.2, 0) is 6.54 Å². The van der Waals surface area contributed by atoms with Gasteiger partial charge >= 0.3 is 0 Å². The largest absolute Gasteiger partial charge is 0.394 e. The minimum atomic E-state index is -0.138. The summed E-state index contributed by atoms with van der Waals surface area (Å²) in [5.41, 5.74) is 3.30. The molecule has 0 saturated carbocycles. The molecule has 1 aromatic heterocycles. The molecule has 1 fully saturated rings. The zero-order valence-electron chi connectivity index (χ0n) is 14.7. The predicted octanol–water partition coefficient (Wildman–Crippen LogP) is 1.40. The van der Waals surface area contributed by atoms with Crippen molar-refractivity contribution >= 4 is 5.91 Å². The molecule has 1 aliphatic heterocycles. The van der Waals surface area contributed by atoms with Crippen molar-refractivity contribution in [3.63, 3.8) is 0 Å². The van der Waals surface area contributed by atoms with E-state index in [1.165, 1.54) is 22.2 Å². The summed E-state index contributed by atoms with van der Waals surface area (Å²) >= 11 is 0. The Hall–Kier alpha value is -2.18.